The van der Waals surface area contributed by atoms with E-state index in [9.17, 15) is 14.8 Å². The summed E-state index contributed by atoms with van der Waals surface area (Å²) in [6, 6.07) is 13.1. The molecule has 0 spiro atoms. The van der Waals surface area contributed by atoms with Gasteiger partial charge in [-0.1, -0.05) is 11.8 Å². The van der Waals surface area contributed by atoms with Crippen LogP contribution >= 0.6 is 0 Å². The van der Waals surface area contributed by atoms with Crippen LogP contribution in [0.3, 0.4) is 0 Å². The number of hydrogen-bond acceptors (Lipinski definition) is 5. The number of nitrogens with two attached hydrogens (primary N) is 1. The lowest BCUT2D eigenvalue weighted by Gasteiger charge is -2.11. The topological polar surface area (TPSA) is 105 Å². The number of anilines is 1. The van der Waals surface area contributed by atoms with E-state index < -0.39 is 11.9 Å². The molecule has 27 heavy (non-hydrogen) atoms. The molecule has 1 aliphatic rings. The van der Waals surface area contributed by atoms with E-state index in [1.54, 1.807) is 48.5 Å². The largest absolute Gasteiger partial charge is 0.481 e. The van der Waals surface area contributed by atoms with Gasteiger partial charge < -0.3 is 15.8 Å². The molecule has 138 valence electrons. The molecule has 0 unspecified atom stereocenters. The summed E-state index contributed by atoms with van der Waals surface area (Å²) in [5.41, 5.74) is 7.44. The first-order chi connectivity index (χ1) is 13.0. The van der Waals surface area contributed by atoms with Gasteiger partial charge in [0, 0.05) is 16.8 Å². The van der Waals surface area contributed by atoms with E-state index in [4.69, 9.17) is 10.5 Å². The van der Waals surface area contributed by atoms with E-state index in [2.05, 4.69) is 17.2 Å². The van der Waals surface area contributed by atoms with Gasteiger partial charge in [0.2, 0.25) is 0 Å². The summed E-state index contributed by atoms with van der Waals surface area (Å²) in [5.74, 6) is 5.68. The Hall–Kier alpha value is -3.50. The monoisotopic (exact) mass is 365 g/mol. The Balaban J connectivity index is 1.52. The van der Waals surface area contributed by atoms with Gasteiger partial charge in [-0.25, -0.2) is 5.06 Å². The molecule has 7 heteroatoms. The molecule has 4 N–H and O–H groups in total. The molecule has 0 bridgehead atoms. The zero-order valence-electron chi connectivity index (χ0n) is 14.5. The fourth-order valence-corrected chi connectivity index (χ4v) is 2.57. The maximum atomic E-state index is 12.2. The van der Waals surface area contributed by atoms with Crippen molar-refractivity contribution in [1.82, 2.24) is 10.4 Å². The third kappa shape index (κ3) is 4.77. The highest BCUT2D eigenvalue weighted by Crippen LogP contribution is 2.13. The molecule has 0 saturated carbocycles. The maximum absolute atomic E-state index is 12.2. The average molecular weight is 365 g/mol. The second kappa shape index (κ2) is 8.25. The van der Waals surface area contributed by atoms with Crippen molar-refractivity contribution >= 4 is 17.5 Å². The second-order valence-corrected chi connectivity index (χ2v) is 6.01. The van der Waals surface area contributed by atoms with Gasteiger partial charge in [0.15, 0.2) is 0 Å². The Bertz CT molecular complexity index is 882. The van der Waals surface area contributed by atoms with Crippen molar-refractivity contribution in [2.45, 2.75) is 12.5 Å². The summed E-state index contributed by atoms with van der Waals surface area (Å²) in [7, 11) is 0. The number of nitrogen functional groups attached to an aromatic ring is 1. The summed E-state index contributed by atoms with van der Waals surface area (Å²) < 4.78 is 5.49. The molecular formula is C20H19N3O4. The Morgan fingerprint density at radius 3 is 2.56 bits per heavy atom. The zero-order valence-corrected chi connectivity index (χ0v) is 14.5. The predicted octanol–water partition coefficient (Wildman–Crippen LogP) is 1.42. The van der Waals surface area contributed by atoms with Crippen LogP contribution in [0.25, 0.3) is 0 Å². The van der Waals surface area contributed by atoms with Gasteiger partial charge in [-0.05, 0) is 55.0 Å². The number of nitrogens with one attached hydrogen (secondary N) is 1. The fraction of sp³-hybridized carbons (Fsp3) is 0.200. The van der Waals surface area contributed by atoms with Crippen LogP contribution < -0.4 is 15.8 Å². The average Bonchev–Trinajstić information content (AvgIpc) is 2.99. The maximum Gasteiger partial charge on any atom is 0.268 e. The van der Waals surface area contributed by atoms with Gasteiger partial charge in [0.25, 0.3) is 11.8 Å². The third-order valence-electron chi connectivity index (χ3n) is 4.06. The molecule has 0 aliphatic carbocycles. The highest BCUT2D eigenvalue weighted by Gasteiger charge is 2.32. The van der Waals surface area contributed by atoms with Crippen LogP contribution in [0.2, 0.25) is 0 Å². The molecule has 2 aromatic rings. The molecule has 1 saturated heterocycles. The quantitative estimate of drug-likeness (QED) is 0.432. The molecule has 1 atom stereocenters. The molecular weight excluding hydrogens is 346 g/mol. The number of ether oxygens (including phenoxy) is 1. The number of benzene rings is 2. The Kier molecular flexibility index (Phi) is 5.59. The standard InChI is InChI=1S/C20H19N3O4/c21-16-7-9-17(10-8-16)27-13-1-2-14-3-5-15(6-4-14)19(24)22-18-11-12-23(26)20(18)25/h3-10,18,26H,11-13,21H2,(H,22,24)/t18-/m1/s1. The highest BCUT2D eigenvalue weighted by atomic mass is 16.5. The summed E-state index contributed by atoms with van der Waals surface area (Å²) >= 11 is 0. The van der Waals surface area contributed by atoms with E-state index in [-0.39, 0.29) is 19.1 Å². The summed E-state index contributed by atoms with van der Waals surface area (Å²) in [6.45, 7) is 0.449. The SMILES string of the molecule is Nc1ccc(OCC#Cc2ccc(C(=O)N[C@@H]3CCN(O)C3=O)cc2)cc1. The van der Waals surface area contributed by atoms with Crippen molar-refractivity contribution < 1.29 is 19.5 Å². The lowest BCUT2D eigenvalue weighted by molar-refractivity contribution is -0.158. The van der Waals surface area contributed by atoms with E-state index in [0.29, 0.717) is 28.5 Å². The van der Waals surface area contributed by atoms with Crippen molar-refractivity contribution in [3.05, 3.63) is 59.7 Å². The highest BCUT2D eigenvalue weighted by molar-refractivity contribution is 5.97. The minimum absolute atomic E-state index is 0.219. The van der Waals surface area contributed by atoms with Gasteiger partial charge in [0.05, 0.1) is 6.54 Å². The smallest absolute Gasteiger partial charge is 0.268 e. The van der Waals surface area contributed by atoms with E-state index in [0.717, 1.165) is 5.56 Å². The molecule has 7 nitrogen and oxygen atoms in total. The first-order valence-electron chi connectivity index (χ1n) is 8.41. The van der Waals surface area contributed by atoms with Crippen LogP contribution in [-0.4, -0.2) is 41.3 Å². The van der Waals surface area contributed by atoms with Crippen molar-refractivity contribution in [3.8, 4) is 17.6 Å². The Labute approximate surface area is 156 Å². The first-order valence-corrected chi connectivity index (χ1v) is 8.41. The van der Waals surface area contributed by atoms with E-state index in [1.807, 2.05) is 0 Å². The molecule has 2 amide bonds. The van der Waals surface area contributed by atoms with Gasteiger partial charge in [-0.3, -0.25) is 14.8 Å². The molecule has 0 radical (unpaired) electrons. The Morgan fingerprint density at radius 2 is 1.93 bits per heavy atom. The fourth-order valence-electron chi connectivity index (χ4n) is 2.57. The lowest BCUT2D eigenvalue weighted by atomic mass is 10.1. The van der Waals surface area contributed by atoms with Crippen LogP contribution in [0, 0.1) is 11.8 Å². The molecule has 1 aliphatic heterocycles. The van der Waals surface area contributed by atoms with E-state index in [1.165, 1.54) is 0 Å². The number of nitrogens with zero attached hydrogens (tertiary/aromatic N) is 1. The molecule has 1 fully saturated rings. The van der Waals surface area contributed by atoms with Gasteiger partial charge in [-0.2, -0.15) is 0 Å². The first kappa shape index (κ1) is 18.3. The molecule has 3 rings (SSSR count). The predicted molar refractivity (Wildman–Crippen MR) is 99.0 cm³/mol. The zero-order chi connectivity index (χ0) is 19.2. The summed E-state index contributed by atoms with van der Waals surface area (Å²) in [5, 5.41) is 12.5. The number of carbonyl (C=O) groups excluding carboxylic acids is 2. The van der Waals surface area contributed by atoms with Crippen LogP contribution in [0.1, 0.15) is 22.3 Å². The number of hydrogen-bond donors (Lipinski definition) is 3. The van der Waals surface area contributed by atoms with Crippen molar-refractivity contribution in [2.75, 3.05) is 18.9 Å². The minimum atomic E-state index is -0.688. The summed E-state index contributed by atoms with van der Waals surface area (Å²) in [6.07, 6.45) is 0.388. The lowest BCUT2D eigenvalue weighted by Crippen LogP contribution is -2.40. The second-order valence-electron chi connectivity index (χ2n) is 6.01. The third-order valence-corrected chi connectivity index (χ3v) is 4.06. The number of carbonyl (C=O) groups is 2. The van der Waals surface area contributed by atoms with Gasteiger partial charge >= 0.3 is 0 Å². The van der Waals surface area contributed by atoms with Crippen molar-refractivity contribution in [1.29, 1.82) is 0 Å². The normalized spacial score (nSPS) is 15.8. The van der Waals surface area contributed by atoms with Crippen LogP contribution in [0.5, 0.6) is 5.75 Å². The molecule has 2 aromatic carbocycles. The van der Waals surface area contributed by atoms with Crippen LogP contribution in [0.4, 0.5) is 5.69 Å². The van der Waals surface area contributed by atoms with Gasteiger partial charge in [0.1, 0.15) is 18.4 Å². The van der Waals surface area contributed by atoms with Crippen molar-refractivity contribution in [3.63, 3.8) is 0 Å². The van der Waals surface area contributed by atoms with Gasteiger partial charge in [-0.15, -0.1) is 0 Å². The van der Waals surface area contributed by atoms with Crippen LogP contribution in [0.15, 0.2) is 48.5 Å². The van der Waals surface area contributed by atoms with Crippen molar-refractivity contribution in [2.24, 2.45) is 0 Å². The molecule has 0 aromatic heterocycles. The number of hydroxylamine groups is 2. The number of amides is 2. The van der Waals surface area contributed by atoms with Crippen LogP contribution in [-0.2, 0) is 4.79 Å². The van der Waals surface area contributed by atoms with E-state index >= 15 is 0 Å². The minimum Gasteiger partial charge on any atom is -0.481 e. The Morgan fingerprint density at radius 1 is 1.22 bits per heavy atom. The summed E-state index contributed by atoms with van der Waals surface area (Å²) in [4.78, 5) is 23.8. The number of rotatable bonds is 4. The molecule has 1 heterocycles.